The molecule has 170 valence electrons. The molecular weight excluding hydrogens is 424 g/mol. The lowest BCUT2D eigenvalue weighted by molar-refractivity contribution is -0.944. The number of carbonyl (C=O) groups is 1. The van der Waals surface area contributed by atoms with E-state index in [4.69, 9.17) is 4.74 Å². The zero-order valence-electron chi connectivity index (χ0n) is 17.5. The number of aliphatic carboxylic acids is 1. The molecule has 1 unspecified atom stereocenters. The van der Waals surface area contributed by atoms with Crippen molar-refractivity contribution < 1.29 is 46.8 Å². The summed E-state index contributed by atoms with van der Waals surface area (Å²) in [4.78, 5) is 15.9. The Hall–Kier alpha value is -2.07. The predicted octanol–water partition coefficient (Wildman–Crippen LogP) is -2.42. The van der Waals surface area contributed by atoms with Crippen LogP contribution in [0.3, 0.4) is 0 Å². The number of benzene rings is 1. The number of aliphatic hydroxyl groups is 3. The summed E-state index contributed by atoms with van der Waals surface area (Å²) >= 11 is 0. The van der Waals surface area contributed by atoms with Crippen molar-refractivity contribution in [2.45, 2.75) is 43.0 Å². The van der Waals surface area contributed by atoms with Crippen LogP contribution in [-0.4, -0.2) is 87.1 Å². The van der Waals surface area contributed by atoms with Gasteiger partial charge in [0.1, 0.15) is 12.2 Å². The number of carboxylic acid groups (broad SMARTS) is 1. The number of rotatable bonds is 7. The Labute approximate surface area is 187 Å². The van der Waals surface area contributed by atoms with Crippen LogP contribution in [0, 0.1) is 0 Å². The minimum absolute atomic E-state index is 0. The smallest absolute Gasteiger partial charge is 0.335 e. The predicted molar refractivity (Wildman–Crippen MR) is 108 cm³/mol. The maximum absolute atomic E-state index is 11.4. The molecule has 0 radical (unpaired) electrons. The van der Waals surface area contributed by atoms with Gasteiger partial charge in [-0.2, -0.15) is 0 Å². The molecule has 1 fully saturated rings. The van der Waals surface area contributed by atoms with E-state index in [0.717, 1.165) is 11.3 Å². The molecule has 3 rings (SSSR count). The molecule has 1 aliphatic heterocycles. The van der Waals surface area contributed by atoms with E-state index in [0.29, 0.717) is 13.0 Å². The molecule has 9 heteroatoms. The summed E-state index contributed by atoms with van der Waals surface area (Å²) in [6.45, 7) is 0.507. The molecule has 2 heterocycles. The first kappa shape index (κ1) is 25.2. The van der Waals surface area contributed by atoms with Crippen molar-refractivity contribution in [3.63, 3.8) is 0 Å². The van der Waals surface area contributed by atoms with E-state index >= 15 is 0 Å². The van der Waals surface area contributed by atoms with Gasteiger partial charge in [-0.05, 0) is 17.7 Å². The number of halogens is 1. The zero-order chi connectivity index (χ0) is 21.9. The van der Waals surface area contributed by atoms with Gasteiger partial charge in [0.05, 0.1) is 20.6 Å². The molecule has 0 amide bonds. The summed E-state index contributed by atoms with van der Waals surface area (Å²) in [6.07, 6.45) is -4.94. The van der Waals surface area contributed by atoms with Gasteiger partial charge in [-0.3, -0.25) is 4.98 Å². The minimum atomic E-state index is -1.70. The monoisotopic (exact) mass is 452 g/mol. The molecule has 0 saturated carbocycles. The largest absolute Gasteiger partial charge is 1.00 e. The maximum Gasteiger partial charge on any atom is 0.335 e. The van der Waals surface area contributed by atoms with Crippen LogP contribution in [0.5, 0.6) is 0 Å². The highest BCUT2D eigenvalue weighted by Crippen LogP contribution is 2.31. The summed E-state index contributed by atoms with van der Waals surface area (Å²) in [7, 11) is 3.61. The van der Waals surface area contributed by atoms with E-state index in [1.165, 1.54) is 0 Å². The third-order valence-electron chi connectivity index (χ3n) is 5.76. The Morgan fingerprint density at radius 1 is 1.03 bits per heavy atom. The fourth-order valence-corrected chi connectivity index (χ4v) is 3.99. The summed E-state index contributed by atoms with van der Waals surface area (Å²) in [6, 6.07) is 15.7. The fourth-order valence-electron chi connectivity index (χ4n) is 3.99. The Balaban J connectivity index is 0.00000341. The number of carboxylic acids is 1. The maximum atomic E-state index is 11.4. The van der Waals surface area contributed by atoms with Crippen LogP contribution in [-0.2, 0) is 9.53 Å². The fraction of sp³-hybridized carbons (Fsp3) is 0.455. The molecule has 2 aromatic rings. The SMILES string of the molecule is C[N+](C)(CCC(c1ccccc1)c1ccccn1)[C@@H]1O[C@H](C(=O)O)[C@@H](O)[C@H](O)[C@H]1O.[Cl-]. The van der Waals surface area contributed by atoms with Gasteiger partial charge >= 0.3 is 5.97 Å². The molecule has 1 saturated heterocycles. The number of aliphatic hydroxyl groups excluding tert-OH is 3. The molecule has 8 nitrogen and oxygen atoms in total. The van der Waals surface area contributed by atoms with Gasteiger partial charge in [0, 0.05) is 24.2 Å². The molecule has 0 bridgehead atoms. The second-order valence-corrected chi connectivity index (χ2v) is 8.27. The van der Waals surface area contributed by atoms with E-state index in [9.17, 15) is 25.2 Å². The van der Waals surface area contributed by atoms with Crippen molar-refractivity contribution in [2.24, 2.45) is 0 Å². The van der Waals surface area contributed by atoms with Crippen molar-refractivity contribution in [2.75, 3.05) is 20.6 Å². The highest BCUT2D eigenvalue weighted by molar-refractivity contribution is 5.73. The summed E-state index contributed by atoms with van der Waals surface area (Å²) in [5.74, 6) is -1.38. The number of hydrogen-bond acceptors (Lipinski definition) is 6. The number of aromatic nitrogens is 1. The van der Waals surface area contributed by atoms with Gasteiger partial charge in [0.25, 0.3) is 0 Å². The van der Waals surface area contributed by atoms with Gasteiger partial charge in [-0.25, -0.2) is 4.79 Å². The van der Waals surface area contributed by atoms with Crippen LogP contribution in [0.2, 0.25) is 0 Å². The van der Waals surface area contributed by atoms with Gasteiger partial charge in [0.15, 0.2) is 12.2 Å². The zero-order valence-corrected chi connectivity index (χ0v) is 18.2. The molecule has 1 aromatic carbocycles. The summed E-state index contributed by atoms with van der Waals surface area (Å²) < 4.78 is 5.65. The van der Waals surface area contributed by atoms with Crippen LogP contribution in [0.1, 0.15) is 23.6 Å². The van der Waals surface area contributed by atoms with Crippen molar-refractivity contribution >= 4 is 5.97 Å². The number of pyridine rings is 1. The van der Waals surface area contributed by atoms with Crippen LogP contribution < -0.4 is 12.4 Å². The van der Waals surface area contributed by atoms with E-state index in [1.807, 2.05) is 48.5 Å². The van der Waals surface area contributed by atoms with Crippen LogP contribution in [0.25, 0.3) is 0 Å². The van der Waals surface area contributed by atoms with E-state index in [-0.39, 0.29) is 22.8 Å². The molecule has 1 aliphatic rings. The molecule has 31 heavy (non-hydrogen) atoms. The normalized spacial score (nSPS) is 27.2. The van der Waals surface area contributed by atoms with Crippen molar-refractivity contribution in [3.05, 3.63) is 66.0 Å². The molecule has 1 aromatic heterocycles. The lowest BCUT2D eigenvalue weighted by Gasteiger charge is -2.46. The Kier molecular flexibility index (Phi) is 8.53. The Morgan fingerprint density at radius 2 is 1.68 bits per heavy atom. The molecule has 0 aliphatic carbocycles. The average Bonchev–Trinajstić information content (AvgIpc) is 2.73. The number of likely N-dealkylation sites (N-methyl/N-ethyl adjacent to an activating group) is 1. The molecular formula is C22H29ClN2O6. The summed E-state index contributed by atoms with van der Waals surface area (Å²) in [5.41, 5.74) is 2.01. The highest BCUT2D eigenvalue weighted by Gasteiger charge is 2.52. The lowest BCUT2D eigenvalue weighted by atomic mass is 9.91. The second kappa shape index (κ2) is 10.5. The third-order valence-corrected chi connectivity index (χ3v) is 5.76. The quantitative estimate of drug-likeness (QED) is 0.345. The molecule has 6 atom stereocenters. The lowest BCUT2D eigenvalue weighted by Crippen LogP contribution is -3.00. The van der Waals surface area contributed by atoms with Crippen molar-refractivity contribution in [3.8, 4) is 0 Å². The highest BCUT2D eigenvalue weighted by atomic mass is 35.5. The van der Waals surface area contributed by atoms with E-state index in [2.05, 4.69) is 4.98 Å². The Bertz CT molecular complexity index is 799. The topological polar surface area (TPSA) is 120 Å². The number of hydrogen-bond donors (Lipinski definition) is 4. The van der Waals surface area contributed by atoms with Crippen molar-refractivity contribution in [1.29, 1.82) is 0 Å². The second-order valence-electron chi connectivity index (χ2n) is 8.27. The first-order valence-electron chi connectivity index (χ1n) is 9.93. The number of ether oxygens (including phenoxy) is 1. The van der Waals surface area contributed by atoms with E-state index < -0.39 is 36.6 Å². The van der Waals surface area contributed by atoms with Gasteiger partial charge in [0.2, 0.25) is 6.23 Å². The van der Waals surface area contributed by atoms with Crippen LogP contribution >= 0.6 is 0 Å². The van der Waals surface area contributed by atoms with Gasteiger partial charge in [-0.15, -0.1) is 0 Å². The first-order valence-corrected chi connectivity index (χ1v) is 9.93. The van der Waals surface area contributed by atoms with Crippen LogP contribution in [0.15, 0.2) is 54.7 Å². The van der Waals surface area contributed by atoms with E-state index in [1.54, 1.807) is 20.3 Å². The van der Waals surface area contributed by atoms with Crippen molar-refractivity contribution in [1.82, 2.24) is 4.98 Å². The third kappa shape index (κ3) is 5.60. The standard InChI is InChI=1S/C22H28N2O6.ClH/c1-24(2,21-19(27)17(25)18(26)20(30-21)22(28)29)13-11-15(14-8-4-3-5-9-14)16-10-6-7-12-23-16;/h3-10,12,15,17-21,25-27H,11,13H2,1-2H3;1H/t15?,17-,18-,19+,20-,21+;/m0./s1. The number of quaternary nitrogens is 1. The summed E-state index contributed by atoms with van der Waals surface area (Å²) in [5, 5.41) is 39.9. The molecule has 0 spiro atoms. The van der Waals surface area contributed by atoms with Gasteiger partial charge in [-0.1, -0.05) is 36.4 Å². The first-order chi connectivity index (χ1) is 14.2. The Morgan fingerprint density at radius 3 is 2.26 bits per heavy atom. The number of nitrogens with zero attached hydrogens (tertiary/aromatic N) is 2. The average molecular weight is 453 g/mol. The van der Waals surface area contributed by atoms with Crippen LogP contribution in [0.4, 0.5) is 0 Å². The van der Waals surface area contributed by atoms with Gasteiger partial charge < -0.3 is 42.1 Å². The molecule has 4 N–H and O–H groups in total. The minimum Gasteiger partial charge on any atom is -1.00 e.